The Balaban J connectivity index is 1.52. The van der Waals surface area contributed by atoms with Crippen LogP contribution in [0.25, 0.3) is 10.9 Å². The predicted molar refractivity (Wildman–Crippen MR) is 113 cm³/mol. The Kier molecular flexibility index (Phi) is 5.48. The zero-order chi connectivity index (χ0) is 18.6. The first-order valence-corrected chi connectivity index (χ1v) is 10.6. The summed E-state index contributed by atoms with van der Waals surface area (Å²) in [4.78, 5) is 10.8. The molecule has 0 amide bonds. The van der Waals surface area contributed by atoms with Gasteiger partial charge in [0.1, 0.15) is 10.8 Å². The minimum atomic E-state index is 0.190. The molecule has 4 aromatic rings. The molecule has 0 aliphatic heterocycles. The van der Waals surface area contributed by atoms with Crippen LogP contribution in [0.15, 0.2) is 53.2 Å². The van der Waals surface area contributed by atoms with E-state index in [0.717, 1.165) is 39.5 Å². The summed E-state index contributed by atoms with van der Waals surface area (Å²) in [5.41, 5.74) is 3.08. The summed E-state index contributed by atoms with van der Waals surface area (Å²) in [6, 6.07) is 14.6. The van der Waals surface area contributed by atoms with E-state index >= 15 is 0 Å². The van der Waals surface area contributed by atoms with Crippen LogP contribution in [0.2, 0.25) is 0 Å². The third-order valence-electron chi connectivity index (χ3n) is 4.40. The van der Waals surface area contributed by atoms with E-state index in [4.69, 9.17) is 14.7 Å². The molecule has 1 atom stereocenters. The number of thiazole rings is 1. The molecule has 0 aliphatic rings. The van der Waals surface area contributed by atoms with E-state index in [9.17, 15) is 0 Å². The number of nitrogens with one attached hydrogen (secondary N) is 1. The Morgan fingerprint density at radius 2 is 2.04 bits per heavy atom. The van der Waals surface area contributed by atoms with Gasteiger partial charge in [-0.15, -0.1) is 22.7 Å². The van der Waals surface area contributed by atoms with Gasteiger partial charge in [-0.05, 0) is 42.6 Å². The first-order chi connectivity index (χ1) is 13.2. The largest absolute Gasteiger partial charge is 0.497 e. The molecule has 6 heteroatoms. The van der Waals surface area contributed by atoms with Crippen LogP contribution in [0.5, 0.6) is 5.75 Å². The highest BCUT2D eigenvalue weighted by atomic mass is 32.1. The lowest BCUT2D eigenvalue weighted by molar-refractivity contribution is 0.415. The van der Waals surface area contributed by atoms with Crippen LogP contribution in [0.1, 0.15) is 27.3 Å². The Morgan fingerprint density at radius 1 is 1.11 bits per heavy atom. The van der Waals surface area contributed by atoms with Gasteiger partial charge < -0.3 is 10.1 Å². The van der Waals surface area contributed by atoms with Crippen molar-refractivity contribution in [3.8, 4) is 5.75 Å². The second-order valence-electron chi connectivity index (χ2n) is 6.41. The van der Waals surface area contributed by atoms with Crippen molar-refractivity contribution in [1.82, 2.24) is 15.3 Å². The van der Waals surface area contributed by atoms with Crippen LogP contribution in [0.3, 0.4) is 0 Å². The highest BCUT2D eigenvalue weighted by Crippen LogP contribution is 2.25. The second-order valence-corrected chi connectivity index (χ2v) is 8.33. The molecule has 27 heavy (non-hydrogen) atoms. The van der Waals surface area contributed by atoms with Crippen molar-refractivity contribution in [2.24, 2.45) is 0 Å². The van der Waals surface area contributed by atoms with Crippen LogP contribution in [0.4, 0.5) is 0 Å². The van der Waals surface area contributed by atoms with Crippen molar-refractivity contribution in [3.63, 3.8) is 0 Å². The van der Waals surface area contributed by atoms with Gasteiger partial charge in [-0.2, -0.15) is 0 Å². The van der Waals surface area contributed by atoms with Gasteiger partial charge in [0.25, 0.3) is 0 Å². The van der Waals surface area contributed by atoms with Crippen LogP contribution >= 0.6 is 22.7 Å². The SMILES string of the molecule is COc1ccc2nc(CN[C@@H](Cc3cccs3)c3nc(C)cs3)ccc2c1. The minimum absolute atomic E-state index is 0.190. The number of nitrogens with zero attached hydrogens (tertiary/aromatic N) is 2. The van der Waals surface area contributed by atoms with Gasteiger partial charge in [-0.1, -0.05) is 12.1 Å². The fourth-order valence-electron chi connectivity index (χ4n) is 3.01. The van der Waals surface area contributed by atoms with Crippen LogP contribution in [-0.2, 0) is 13.0 Å². The molecule has 0 unspecified atom stereocenters. The van der Waals surface area contributed by atoms with Gasteiger partial charge in [0.15, 0.2) is 0 Å². The Morgan fingerprint density at radius 3 is 2.78 bits per heavy atom. The monoisotopic (exact) mass is 395 g/mol. The molecule has 4 rings (SSSR count). The average molecular weight is 396 g/mol. The fourth-order valence-corrected chi connectivity index (χ4v) is 4.63. The van der Waals surface area contributed by atoms with E-state index in [1.165, 1.54) is 4.88 Å². The molecule has 1 aromatic carbocycles. The molecule has 0 radical (unpaired) electrons. The first kappa shape index (κ1) is 18.1. The molecule has 138 valence electrons. The lowest BCUT2D eigenvalue weighted by Gasteiger charge is -2.16. The van der Waals surface area contributed by atoms with Crippen molar-refractivity contribution in [1.29, 1.82) is 0 Å². The summed E-state index contributed by atoms with van der Waals surface area (Å²) >= 11 is 3.51. The van der Waals surface area contributed by atoms with Crippen molar-refractivity contribution < 1.29 is 4.74 Å². The summed E-state index contributed by atoms with van der Waals surface area (Å²) in [6.07, 6.45) is 0.940. The Hall–Kier alpha value is -2.28. The molecule has 1 N–H and O–H groups in total. The number of rotatable bonds is 7. The Bertz CT molecular complexity index is 1030. The van der Waals surface area contributed by atoms with Gasteiger partial charge in [0.2, 0.25) is 0 Å². The first-order valence-electron chi connectivity index (χ1n) is 8.83. The maximum Gasteiger partial charge on any atom is 0.119 e. The van der Waals surface area contributed by atoms with Gasteiger partial charge >= 0.3 is 0 Å². The number of ether oxygens (including phenoxy) is 1. The van der Waals surface area contributed by atoms with Gasteiger partial charge in [0, 0.05) is 34.3 Å². The number of thiophene rings is 1. The van der Waals surface area contributed by atoms with Gasteiger partial charge in [-0.3, -0.25) is 4.98 Å². The van der Waals surface area contributed by atoms with E-state index < -0.39 is 0 Å². The summed E-state index contributed by atoms with van der Waals surface area (Å²) < 4.78 is 5.29. The molecule has 0 spiro atoms. The summed E-state index contributed by atoms with van der Waals surface area (Å²) in [7, 11) is 1.68. The van der Waals surface area contributed by atoms with Crippen molar-refractivity contribution in [2.75, 3.05) is 7.11 Å². The molecule has 0 fully saturated rings. The number of aryl methyl sites for hydroxylation is 1. The third-order valence-corrected chi connectivity index (χ3v) is 6.38. The van der Waals surface area contributed by atoms with Gasteiger partial charge in [-0.25, -0.2) is 4.98 Å². The predicted octanol–water partition coefficient (Wildman–Crippen LogP) is 5.14. The van der Waals surface area contributed by atoms with E-state index in [-0.39, 0.29) is 6.04 Å². The number of methoxy groups -OCH3 is 1. The molecule has 0 saturated heterocycles. The highest BCUT2D eigenvalue weighted by molar-refractivity contribution is 7.10. The molecule has 3 heterocycles. The number of hydrogen-bond acceptors (Lipinski definition) is 6. The zero-order valence-electron chi connectivity index (χ0n) is 15.3. The normalized spacial score (nSPS) is 12.4. The van der Waals surface area contributed by atoms with Crippen LogP contribution < -0.4 is 10.1 Å². The fraction of sp³-hybridized carbons (Fsp3) is 0.238. The lowest BCUT2D eigenvalue weighted by atomic mass is 10.1. The summed E-state index contributed by atoms with van der Waals surface area (Å²) in [5, 5.41) is 10.1. The number of benzene rings is 1. The molecule has 4 nitrogen and oxygen atoms in total. The maximum atomic E-state index is 5.29. The molecule has 0 aliphatic carbocycles. The molecular formula is C21H21N3OS2. The molecule has 0 bridgehead atoms. The quantitative estimate of drug-likeness (QED) is 0.470. The van der Waals surface area contributed by atoms with Gasteiger partial charge in [0.05, 0.1) is 24.4 Å². The number of aromatic nitrogens is 2. The number of hydrogen-bond donors (Lipinski definition) is 1. The van der Waals surface area contributed by atoms with Crippen molar-refractivity contribution in [2.45, 2.75) is 25.9 Å². The van der Waals surface area contributed by atoms with E-state index in [0.29, 0.717) is 6.54 Å². The maximum absolute atomic E-state index is 5.29. The van der Waals surface area contributed by atoms with Crippen molar-refractivity contribution in [3.05, 3.63) is 74.5 Å². The van der Waals surface area contributed by atoms with Crippen LogP contribution in [0, 0.1) is 6.92 Å². The number of pyridine rings is 1. The molecular weight excluding hydrogens is 374 g/mol. The van der Waals surface area contributed by atoms with E-state index in [1.807, 2.05) is 25.1 Å². The third kappa shape index (κ3) is 4.35. The molecule has 3 aromatic heterocycles. The zero-order valence-corrected chi connectivity index (χ0v) is 16.9. The standard InChI is InChI=1S/C21H21N3OS2/c1-14-13-27-21(23-14)20(11-18-4-3-9-26-18)22-12-16-6-5-15-10-17(25-2)7-8-19(15)24-16/h3-10,13,20,22H,11-12H2,1-2H3/t20-/m0/s1. The average Bonchev–Trinajstić information content (AvgIpc) is 3.36. The second kappa shape index (κ2) is 8.17. The van der Waals surface area contributed by atoms with E-state index in [1.54, 1.807) is 29.8 Å². The van der Waals surface area contributed by atoms with Crippen LogP contribution in [-0.4, -0.2) is 17.1 Å². The van der Waals surface area contributed by atoms with E-state index in [2.05, 4.69) is 40.3 Å². The highest BCUT2D eigenvalue weighted by Gasteiger charge is 2.16. The number of fused-ring (bicyclic) bond motifs is 1. The summed E-state index contributed by atoms with van der Waals surface area (Å²) in [5.74, 6) is 0.852. The van der Waals surface area contributed by atoms with Crippen molar-refractivity contribution >= 4 is 33.6 Å². The summed E-state index contributed by atoms with van der Waals surface area (Å²) in [6.45, 7) is 2.75. The Labute approximate surface area is 166 Å². The smallest absolute Gasteiger partial charge is 0.119 e. The topological polar surface area (TPSA) is 47.0 Å². The lowest BCUT2D eigenvalue weighted by Crippen LogP contribution is -2.23. The minimum Gasteiger partial charge on any atom is -0.497 e. The molecule has 0 saturated carbocycles.